The second-order valence-electron chi connectivity index (χ2n) is 3.89. The van der Waals surface area contributed by atoms with Crippen LogP contribution >= 0.6 is 0 Å². The summed E-state index contributed by atoms with van der Waals surface area (Å²) in [7, 11) is 0. The van der Waals surface area contributed by atoms with Gasteiger partial charge in [-0.2, -0.15) is 0 Å². The van der Waals surface area contributed by atoms with E-state index in [1.165, 1.54) is 19.1 Å². The van der Waals surface area contributed by atoms with Crippen molar-refractivity contribution in [3.05, 3.63) is 47.5 Å². The average molecular weight is 254 g/mol. The Bertz CT molecular complexity index is 602. The van der Waals surface area contributed by atoms with Crippen molar-refractivity contribution >= 4 is 5.78 Å². The number of furan rings is 1. The fourth-order valence-corrected chi connectivity index (χ4v) is 1.60. The first-order chi connectivity index (χ1) is 8.47. The highest BCUT2D eigenvalue weighted by atomic mass is 19.2. The molecule has 0 atom stereocenters. The molecule has 0 aliphatic heterocycles. The summed E-state index contributed by atoms with van der Waals surface area (Å²) in [5.41, 5.74) is -0.303. The second-order valence-corrected chi connectivity index (χ2v) is 3.89. The first kappa shape index (κ1) is 12.4. The highest BCUT2D eigenvalue weighted by molar-refractivity contribution is 5.77. The van der Waals surface area contributed by atoms with Crippen LogP contribution in [-0.4, -0.2) is 5.78 Å². The summed E-state index contributed by atoms with van der Waals surface area (Å²) in [5.74, 6) is -3.17. The topological polar surface area (TPSA) is 30.2 Å². The van der Waals surface area contributed by atoms with Crippen molar-refractivity contribution in [1.82, 2.24) is 0 Å². The van der Waals surface area contributed by atoms with Crippen LogP contribution in [0.5, 0.6) is 0 Å². The SMILES string of the molecule is CC(=O)Cc1ccc(-c2cc(F)cc(F)c2F)o1. The van der Waals surface area contributed by atoms with Crippen LogP contribution in [0.15, 0.2) is 28.7 Å². The van der Waals surface area contributed by atoms with Crippen molar-refractivity contribution in [1.29, 1.82) is 0 Å². The van der Waals surface area contributed by atoms with Gasteiger partial charge in [0, 0.05) is 6.07 Å². The summed E-state index contributed by atoms with van der Waals surface area (Å²) < 4.78 is 44.7. The van der Waals surface area contributed by atoms with E-state index in [4.69, 9.17) is 4.42 Å². The van der Waals surface area contributed by atoms with Gasteiger partial charge in [0.2, 0.25) is 0 Å². The maximum absolute atomic E-state index is 13.5. The van der Waals surface area contributed by atoms with E-state index < -0.39 is 17.5 Å². The smallest absolute Gasteiger partial charge is 0.169 e. The molecule has 0 unspecified atom stereocenters. The molecule has 1 aromatic heterocycles. The molecule has 94 valence electrons. The maximum atomic E-state index is 13.5. The minimum absolute atomic E-state index is 0.0119. The molecule has 1 heterocycles. The van der Waals surface area contributed by atoms with E-state index in [0.717, 1.165) is 6.07 Å². The Morgan fingerprint density at radius 2 is 1.94 bits per heavy atom. The van der Waals surface area contributed by atoms with Crippen LogP contribution in [-0.2, 0) is 11.2 Å². The first-order valence-corrected chi connectivity index (χ1v) is 5.20. The van der Waals surface area contributed by atoms with Gasteiger partial charge in [-0.3, -0.25) is 4.79 Å². The molecular weight excluding hydrogens is 245 g/mol. The first-order valence-electron chi connectivity index (χ1n) is 5.20. The Kier molecular flexibility index (Phi) is 3.23. The molecule has 0 fully saturated rings. The minimum atomic E-state index is -1.28. The molecule has 0 saturated carbocycles. The van der Waals surface area contributed by atoms with Crippen LogP contribution in [0.1, 0.15) is 12.7 Å². The van der Waals surface area contributed by atoms with Crippen LogP contribution < -0.4 is 0 Å². The van der Waals surface area contributed by atoms with Crippen LogP contribution in [0.25, 0.3) is 11.3 Å². The van der Waals surface area contributed by atoms with Gasteiger partial charge >= 0.3 is 0 Å². The van der Waals surface area contributed by atoms with Crippen LogP contribution in [0, 0.1) is 17.5 Å². The van der Waals surface area contributed by atoms with Crippen molar-refractivity contribution < 1.29 is 22.4 Å². The normalized spacial score (nSPS) is 10.7. The molecule has 5 heteroatoms. The molecule has 0 aliphatic carbocycles. The summed E-state index contributed by atoms with van der Waals surface area (Å²) in [6.45, 7) is 1.38. The van der Waals surface area contributed by atoms with Gasteiger partial charge in [0.1, 0.15) is 23.1 Å². The summed E-state index contributed by atoms with van der Waals surface area (Å²) in [6, 6.07) is 4.14. The number of carbonyl (C=O) groups excluding carboxylic acids is 1. The van der Waals surface area contributed by atoms with Gasteiger partial charge in [-0.1, -0.05) is 0 Å². The lowest BCUT2D eigenvalue weighted by atomic mass is 10.1. The van der Waals surface area contributed by atoms with Crippen molar-refractivity contribution in [2.45, 2.75) is 13.3 Å². The van der Waals surface area contributed by atoms with Gasteiger partial charge in [-0.15, -0.1) is 0 Å². The average Bonchev–Trinajstić information content (AvgIpc) is 2.70. The van der Waals surface area contributed by atoms with Gasteiger partial charge < -0.3 is 4.42 Å². The number of rotatable bonds is 3. The number of benzene rings is 1. The van der Waals surface area contributed by atoms with E-state index in [-0.39, 0.29) is 23.5 Å². The third kappa shape index (κ3) is 2.45. The molecule has 2 aromatic rings. The summed E-state index contributed by atoms with van der Waals surface area (Å²) >= 11 is 0. The quantitative estimate of drug-likeness (QED) is 0.785. The molecule has 2 rings (SSSR count). The molecule has 0 amide bonds. The van der Waals surface area contributed by atoms with E-state index in [1.54, 1.807) is 0 Å². The van der Waals surface area contributed by atoms with E-state index in [9.17, 15) is 18.0 Å². The lowest BCUT2D eigenvalue weighted by Crippen LogP contribution is -1.94. The highest BCUT2D eigenvalue weighted by Crippen LogP contribution is 2.27. The van der Waals surface area contributed by atoms with Crippen LogP contribution in [0.2, 0.25) is 0 Å². The molecule has 0 radical (unpaired) electrons. The molecule has 0 aliphatic rings. The Hall–Kier alpha value is -2.04. The van der Waals surface area contributed by atoms with Gasteiger partial charge in [0.25, 0.3) is 0 Å². The fourth-order valence-electron chi connectivity index (χ4n) is 1.60. The minimum Gasteiger partial charge on any atom is -0.461 e. The van der Waals surface area contributed by atoms with Crippen molar-refractivity contribution in [3.63, 3.8) is 0 Å². The van der Waals surface area contributed by atoms with Crippen LogP contribution in [0.4, 0.5) is 13.2 Å². The van der Waals surface area contributed by atoms with E-state index in [2.05, 4.69) is 0 Å². The summed E-state index contributed by atoms with van der Waals surface area (Å²) in [4.78, 5) is 10.9. The number of Topliss-reactive ketones (excluding diaryl/α,β-unsaturated/α-hetero) is 1. The zero-order valence-electron chi connectivity index (χ0n) is 9.47. The third-order valence-corrected chi connectivity index (χ3v) is 2.34. The standard InChI is InChI=1S/C13H9F3O2/c1-7(17)4-9-2-3-12(18-9)10-5-8(14)6-11(15)13(10)16/h2-3,5-6H,4H2,1H3. The third-order valence-electron chi connectivity index (χ3n) is 2.34. The summed E-state index contributed by atoms with van der Waals surface area (Å²) in [5, 5.41) is 0. The monoisotopic (exact) mass is 254 g/mol. The van der Waals surface area contributed by atoms with E-state index in [0.29, 0.717) is 11.8 Å². The van der Waals surface area contributed by atoms with Crippen LogP contribution in [0.3, 0.4) is 0 Å². The molecule has 0 bridgehead atoms. The van der Waals surface area contributed by atoms with Crippen molar-refractivity contribution in [2.75, 3.05) is 0 Å². The largest absolute Gasteiger partial charge is 0.461 e. The van der Waals surface area contributed by atoms with Gasteiger partial charge in [-0.25, -0.2) is 13.2 Å². The number of hydrogen-bond donors (Lipinski definition) is 0. The molecule has 0 N–H and O–H groups in total. The molecular formula is C13H9F3O2. The lowest BCUT2D eigenvalue weighted by Gasteiger charge is -2.01. The van der Waals surface area contributed by atoms with Crippen molar-refractivity contribution in [3.8, 4) is 11.3 Å². The van der Waals surface area contributed by atoms with Gasteiger partial charge in [0.05, 0.1) is 12.0 Å². The van der Waals surface area contributed by atoms with Gasteiger partial charge in [0.15, 0.2) is 11.6 Å². The van der Waals surface area contributed by atoms with Crippen molar-refractivity contribution in [2.24, 2.45) is 0 Å². The number of carbonyl (C=O) groups is 1. The van der Waals surface area contributed by atoms with E-state index in [1.807, 2.05) is 0 Å². The van der Waals surface area contributed by atoms with Gasteiger partial charge in [-0.05, 0) is 25.1 Å². The molecule has 18 heavy (non-hydrogen) atoms. The zero-order valence-corrected chi connectivity index (χ0v) is 9.47. The molecule has 1 aromatic carbocycles. The molecule has 2 nitrogen and oxygen atoms in total. The Morgan fingerprint density at radius 3 is 2.61 bits per heavy atom. The molecule has 0 spiro atoms. The van der Waals surface area contributed by atoms with E-state index >= 15 is 0 Å². The lowest BCUT2D eigenvalue weighted by molar-refractivity contribution is -0.116. The Morgan fingerprint density at radius 1 is 1.22 bits per heavy atom. The fraction of sp³-hybridized carbons (Fsp3) is 0.154. The number of ketones is 1. The molecule has 0 saturated heterocycles. The zero-order chi connectivity index (χ0) is 13.3. The predicted octanol–water partition coefficient (Wildman–Crippen LogP) is 3.50. The maximum Gasteiger partial charge on any atom is 0.169 e. The Labute approximate surface area is 101 Å². The highest BCUT2D eigenvalue weighted by Gasteiger charge is 2.16. The number of halogens is 3. The predicted molar refractivity (Wildman–Crippen MR) is 58.4 cm³/mol. The number of hydrogen-bond acceptors (Lipinski definition) is 2. The Balaban J connectivity index is 2.43. The summed E-state index contributed by atoms with van der Waals surface area (Å²) in [6.07, 6.45) is 0.0550. The second kappa shape index (κ2) is 4.68.